The number of rotatable bonds is 1. The zero-order valence-corrected chi connectivity index (χ0v) is 11.0. The molecule has 0 amide bonds. The first-order valence-corrected chi connectivity index (χ1v) is 6.04. The standard InChI is InChI=1S/C13H17ClO3/c1-13(2,3)12(15)8-6-9(14)11-10(7-8)16-4-5-17-11/h6-7,12,15H,4-5H2,1-3H3. The van der Waals surface area contributed by atoms with Crippen molar-refractivity contribution in [2.75, 3.05) is 13.2 Å². The van der Waals surface area contributed by atoms with E-state index >= 15 is 0 Å². The van der Waals surface area contributed by atoms with Crippen molar-refractivity contribution >= 4 is 11.6 Å². The van der Waals surface area contributed by atoms with Gasteiger partial charge < -0.3 is 14.6 Å². The minimum atomic E-state index is -0.587. The molecule has 1 unspecified atom stereocenters. The minimum Gasteiger partial charge on any atom is -0.486 e. The highest BCUT2D eigenvalue weighted by Crippen LogP contribution is 2.42. The van der Waals surface area contributed by atoms with Gasteiger partial charge in [0.15, 0.2) is 11.5 Å². The number of aliphatic hydroxyl groups is 1. The molecule has 0 saturated carbocycles. The molecule has 1 N–H and O–H groups in total. The van der Waals surface area contributed by atoms with E-state index in [4.69, 9.17) is 21.1 Å². The molecule has 0 bridgehead atoms. The first-order valence-electron chi connectivity index (χ1n) is 5.66. The molecular formula is C13H17ClO3. The van der Waals surface area contributed by atoms with Crippen LogP contribution in [0.4, 0.5) is 0 Å². The van der Waals surface area contributed by atoms with Gasteiger partial charge in [0, 0.05) is 0 Å². The van der Waals surface area contributed by atoms with Crippen molar-refractivity contribution in [1.82, 2.24) is 0 Å². The molecule has 0 fully saturated rings. The predicted octanol–water partition coefficient (Wildman–Crippen LogP) is 3.19. The van der Waals surface area contributed by atoms with E-state index in [0.29, 0.717) is 29.7 Å². The average molecular weight is 257 g/mol. The fourth-order valence-electron chi connectivity index (χ4n) is 1.79. The van der Waals surface area contributed by atoms with Gasteiger partial charge in [-0.05, 0) is 23.1 Å². The quantitative estimate of drug-likeness (QED) is 0.839. The molecule has 0 spiro atoms. The van der Waals surface area contributed by atoms with Crippen molar-refractivity contribution < 1.29 is 14.6 Å². The van der Waals surface area contributed by atoms with Gasteiger partial charge in [-0.25, -0.2) is 0 Å². The molecule has 0 aliphatic carbocycles. The van der Waals surface area contributed by atoms with Crippen LogP contribution in [0.2, 0.25) is 5.02 Å². The fourth-order valence-corrected chi connectivity index (χ4v) is 2.06. The monoisotopic (exact) mass is 256 g/mol. The van der Waals surface area contributed by atoms with Crippen molar-refractivity contribution in [2.24, 2.45) is 5.41 Å². The van der Waals surface area contributed by atoms with E-state index in [2.05, 4.69) is 0 Å². The van der Waals surface area contributed by atoms with Gasteiger partial charge in [-0.1, -0.05) is 32.4 Å². The number of ether oxygens (including phenoxy) is 2. The normalized spacial score (nSPS) is 16.8. The second-order valence-electron chi connectivity index (χ2n) is 5.30. The molecule has 1 aliphatic heterocycles. The SMILES string of the molecule is CC(C)(C)C(O)c1cc(Cl)c2c(c1)OCCO2. The molecule has 1 aromatic rings. The number of aliphatic hydroxyl groups excluding tert-OH is 1. The smallest absolute Gasteiger partial charge is 0.179 e. The summed E-state index contributed by atoms with van der Waals surface area (Å²) in [6.45, 7) is 6.94. The van der Waals surface area contributed by atoms with Gasteiger partial charge in [0.25, 0.3) is 0 Å². The Morgan fingerprint density at radius 2 is 1.88 bits per heavy atom. The lowest BCUT2D eigenvalue weighted by atomic mass is 9.85. The predicted molar refractivity (Wildman–Crippen MR) is 66.9 cm³/mol. The van der Waals surface area contributed by atoms with Crippen LogP contribution >= 0.6 is 11.6 Å². The molecule has 3 nitrogen and oxygen atoms in total. The summed E-state index contributed by atoms with van der Waals surface area (Å²) in [4.78, 5) is 0. The molecule has 0 saturated heterocycles. The van der Waals surface area contributed by atoms with E-state index in [0.717, 1.165) is 5.56 Å². The highest BCUT2D eigenvalue weighted by Gasteiger charge is 2.26. The first kappa shape index (κ1) is 12.5. The molecule has 0 aromatic heterocycles. The van der Waals surface area contributed by atoms with Crippen LogP contribution in [0.5, 0.6) is 11.5 Å². The van der Waals surface area contributed by atoms with Gasteiger partial charge in [-0.2, -0.15) is 0 Å². The third kappa shape index (κ3) is 2.50. The van der Waals surface area contributed by atoms with Crippen molar-refractivity contribution in [3.05, 3.63) is 22.7 Å². The molecule has 2 rings (SSSR count). The van der Waals surface area contributed by atoms with Crippen LogP contribution in [-0.2, 0) is 0 Å². The summed E-state index contributed by atoms with van der Waals surface area (Å²) in [5, 5.41) is 10.7. The maximum atomic E-state index is 10.2. The summed E-state index contributed by atoms with van der Waals surface area (Å²) in [6, 6.07) is 3.54. The highest BCUT2D eigenvalue weighted by atomic mass is 35.5. The summed E-state index contributed by atoms with van der Waals surface area (Å²) in [5.41, 5.74) is 0.513. The summed E-state index contributed by atoms with van der Waals surface area (Å²) >= 11 is 6.13. The van der Waals surface area contributed by atoms with Crippen LogP contribution in [0.3, 0.4) is 0 Å². The van der Waals surface area contributed by atoms with Gasteiger partial charge in [-0.3, -0.25) is 0 Å². The van der Waals surface area contributed by atoms with Crippen molar-refractivity contribution in [3.63, 3.8) is 0 Å². The van der Waals surface area contributed by atoms with Crippen molar-refractivity contribution in [1.29, 1.82) is 0 Å². The van der Waals surface area contributed by atoms with Crippen LogP contribution < -0.4 is 9.47 Å². The van der Waals surface area contributed by atoms with E-state index in [1.54, 1.807) is 12.1 Å². The lowest BCUT2D eigenvalue weighted by molar-refractivity contribution is 0.0620. The third-order valence-electron chi connectivity index (χ3n) is 2.76. The van der Waals surface area contributed by atoms with E-state index in [1.165, 1.54) is 0 Å². The maximum Gasteiger partial charge on any atom is 0.179 e. The number of fused-ring (bicyclic) bond motifs is 1. The Kier molecular flexibility index (Phi) is 3.23. The number of hydrogen-bond acceptors (Lipinski definition) is 3. The van der Waals surface area contributed by atoms with E-state index in [1.807, 2.05) is 20.8 Å². The molecule has 1 aliphatic rings. The molecular weight excluding hydrogens is 240 g/mol. The zero-order valence-electron chi connectivity index (χ0n) is 10.3. The summed E-state index contributed by atoms with van der Waals surface area (Å²) in [6.07, 6.45) is -0.587. The molecule has 1 atom stereocenters. The van der Waals surface area contributed by atoms with Gasteiger partial charge in [-0.15, -0.1) is 0 Å². The summed E-state index contributed by atoms with van der Waals surface area (Å²) < 4.78 is 10.9. The lowest BCUT2D eigenvalue weighted by Crippen LogP contribution is -2.19. The molecule has 1 heterocycles. The molecule has 4 heteroatoms. The summed E-state index contributed by atoms with van der Waals surface area (Å²) in [5.74, 6) is 1.19. The molecule has 0 radical (unpaired) electrons. The Morgan fingerprint density at radius 3 is 2.53 bits per heavy atom. The topological polar surface area (TPSA) is 38.7 Å². The van der Waals surface area contributed by atoms with Crippen LogP contribution in [0.15, 0.2) is 12.1 Å². The second-order valence-corrected chi connectivity index (χ2v) is 5.70. The van der Waals surface area contributed by atoms with Crippen molar-refractivity contribution in [3.8, 4) is 11.5 Å². The Hall–Kier alpha value is -0.930. The van der Waals surface area contributed by atoms with Crippen LogP contribution in [0, 0.1) is 5.41 Å². The Balaban J connectivity index is 2.41. The van der Waals surface area contributed by atoms with Gasteiger partial charge in [0.2, 0.25) is 0 Å². The minimum absolute atomic E-state index is 0.243. The Bertz CT molecular complexity index is 423. The zero-order chi connectivity index (χ0) is 12.6. The summed E-state index contributed by atoms with van der Waals surface area (Å²) in [7, 11) is 0. The van der Waals surface area contributed by atoms with E-state index < -0.39 is 6.10 Å². The molecule has 94 valence electrons. The van der Waals surface area contributed by atoms with Crippen LogP contribution in [0.1, 0.15) is 32.4 Å². The van der Waals surface area contributed by atoms with E-state index in [9.17, 15) is 5.11 Å². The highest BCUT2D eigenvalue weighted by molar-refractivity contribution is 6.32. The maximum absolute atomic E-state index is 10.2. The lowest BCUT2D eigenvalue weighted by Gasteiger charge is -2.28. The average Bonchev–Trinajstić information content (AvgIpc) is 2.27. The van der Waals surface area contributed by atoms with Crippen LogP contribution in [0.25, 0.3) is 0 Å². The first-order chi connectivity index (χ1) is 7.89. The van der Waals surface area contributed by atoms with Crippen molar-refractivity contribution in [2.45, 2.75) is 26.9 Å². The fraction of sp³-hybridized carbons (Fsp3) is 0.538. The number of halogens is 1. The number of hydrogen-bond donors (Lipinski definition) is 1. The third-order valence-corrected chi connectivity index (χ3v) is 3.04. The van der Waals surface area contributed by atoms with Gasteiger partial charge in [0.1, 0.15) is 13.2 Å². The molecule has 17 heavy (non-hydrogen) atoms. The Morgan fingerprint density at radius 1 is 1.24 bits per heavy atom. The van der Waals surface area contributed by atoms with E-state index in [-0.39, 0.29) is 5.41 Å². The second kappa shape index (κ2) is 4.39. The largest absolute Gasteiger partial charge is 0.486 e. The molecule has 1 aromatic carbocycles. The number of benzene rings is 1. The Labute approximate surface area is 106 Å². The van der Waals surface area contributed by atoms with Crippen LogP contribution in [-0.4, -0.2) is 18.3 Å². The van der Waals surface area contributed by atoms with Gasteiger partial charge in [0.05, 0.1) is 11.1 Å². The van der Waals surface area contributed by atoms with Gasteiger partial charge >= 0.3 is 0 Å².